The van der Waals surface area contributed by atoms with Crippen LogP contribution >= 0.6 is 15.9 Å². The fourth-order valence-electron chi connectivity index (χ4n) is 2.32. The van der Waals surface area contributed by atoms with Crippen LogP contribution in [0.15, 0.2) is 47.2 Å². The minimum Gasteiger partial charge on any atom is -0.335 e. The summed E-state index contributed by atoms with van der Waals surface area (Å²) in [5.41, 5.74) is 1.15. The maximum absolute atomic E-state index is 12.3. The number of hydrogen-bond acceptors (Lipinski definition) is 4. The highest BCUT2D eigenvalue weighted by molar-refractivity contribution is 9.10. The number of piperazine rings is 1. The highest BCUT2D eigenvalue weighted by Crippen LogP contribution is 2.15. The summed E-state index contributed by atoms with van der Waals surface area (Å²) < 4.78 is 0.834. The summed E-state index contributed by atoms with van der Waals surface area (Å²) in [4.78, 5) is 24.5. The fourth-order valence-corrected chi connectivity index (χ4v) is 2.52. The monoisotopic (exact) mass is 346 g/mol. The highest BCUT2D eigenvalue weighted by Gasteiger charge is 2.25. The van der Waals surface area contributed by atoms with E-state index in [1.54, 1.807) is 12.4 Å². The van der Waals surface area contributed by atoms with E-state index in [4.69, 9.17) is 0 Å². The summed E-state index contributed by atoms with van der Waals surface area (Å²) >= 11 is 3.31. The molecule has 1 aromatic heterocycles. The summed E-state index contributed by atoms with van der Waals surface area (Å²) in [6.07, 6.45) is 3.40. The Bertz CT molecular complexity index is 617. The predicted octanol–water partition coefficient (Wildman–Crippen LogP) is 2.09. The van der Waals surface area contributed by atoms with Gasteiger partial charge in [-0.05, 0) is 21.5 Å². The lowest BCUT2D eigenvalue weighted by molar-refractivity contribution is -0.131. The number of hydrogen-bond donors (Lipinski definition) is 0. The Morgan fingerprint density at radius 3 is 2.48 bits per heavy atom. The molecule has 0 atom stereocenters. The Kier molecular flexibility index (Phi) is 4.15. The Balaban J connectivity index is 1.64. The fraction of sp³-hybridized carbons (Fsp3) is 0.267. The van der Waals surface area contributed by atoms with Gasteiger partial charge >= 0.3 is 0 Å². The zero-order valence-corrected chi connectivity index (χ0v) is 13.0. The van der Waals surface area contributed by atoms with Gasteiger partial charge in [-0.25, -0.2) is 9.97 Å². The van der Waals surface area contributed by atoms with E-state index in [0.29, 0.717) is 25.6 Å². The van der Waals surface area contributed by atoms with Crippen LogP contribution in [0.25, 0.3) is 0 Å². The van der Waals surface area contributed by atoms with Crippen molar-refractivity contribution < 1.29 is 4.79 Å². The number of nitrogens with zero attached hydrogens (tertiary/aromatic N) is 4. The molecular formula is C15H15BrN4O. The third-order valence-electron chi connectivity index (χ3n) is 3.42. The average molecular weight is 347 g/mol. The first-order chi connectivity index (χ1) is 10.2. The predicted molar refractivity (Wildman–Crippen MR) is 83.8 cm³/mol. The number of aromatic nitrogens is 2. The third-order valence-corrected chi connectivity index (χ3v) is 3.83. The van der Waals surface area contributed by atoms with Gasteiger partial charge in [0.1, 0.15) is 6.54 Å². The largest absolute Gasteiger partial charge is 0.335 e. The second kappa shape index (κ2) is 6.22. The molecule has 1 fully saturated rings. The zero-order chi connectivity index (χ0) is 14.7. The lowest BCUT2D eigenvalue weighted by atomic mass is 10.2. The molecule has 2 aromatic rings. The van der Waals surface area contributed by atoms with Crippen molar-refractivity contribution >= 4 is 27.8 Å². The van der Waals surface area contributed by atoms with E-state index in [1.165, 1.54) is 0 Å². The molecule has 6 heteroatoms. The van der Waals surface area contributed by atoms with E-state index in [-0.39, 0.29) is 5.91 Å². The van der Waals surface area contributed by atoms with Gasteiger partial charge in [-0.2, -0.15) is 0 Å². The van der Waals surface area contributed by atoms with Crippen molar-refractivity contribution in [2.75, 3.05) is 24.5 Å². The molecule has 21 heavy (non-hydrogen) atoms. The Morgan fingerprint density at radius 2 is 1.81 bits per heavy atom. The van der Waals surface area contributed by atoms with Gasteiger partial charge in [0.2, 0.25) is 11.9 Å². The van der Waals surface area contributed by atoms with Crippen LogP contribution in [0.1, 0.15) is 5.56 Å². The van der Waals surface area contributed by atoms with E-state index >= 15 is 0 Å². The van der Waals surface area contributed by atoms with Gasteiger partial charge in [0.15, 0.2) is 0 Å². The number of halogens is 1. The summed E-state index contributed by atoms with van der Waals surface area (Å²) in [5.74, 6) is 0.711. The molecule has 2 heterocycles. The van der Waals surface area contributed by atoms with Crippen molar-refractivity contribution in [3.63, 3.8) is 0 Å². The molecule has 0 spiro atoms. The first-order valence-electron chi connectivity index (χ1n) is 6.76. The van der Waals surface area contributed by atoms with Crippen molar-refractivity contribution in [1.29, 1.82) is 0 Å². The summed E-state index contributed by atoms with van der Waals surface area (Å²) in [6, 6.07) is 10.0. The second-order valence-corrected chi connectivity index (χ2v) is 5.84. The van der Waals surface area contributed by atoms with Gasteiger partial charge in [0.25, 0.3) is 0 Å². The van der Waals surface area contributed by atoms with Gasteiger partial charge in [0.05, 0.1) is 4.47 Å². The molecule has 1 saturated heterocycles. The second-order valence-electron chi connectivity index (χ2n) is 4.92. The number of rotatable bonds is 3. The van der Waals surface area contributed by atoms with Crippen molar-refractivity contribution in [2.24, 2.45) is 0 Å². The minimum absolute atomic E-state index is 0.108. The van der Waals surface area contributed by atoms with E-state index in [1.807, 2.05) is 40.1 Å². The molecule has 5 nitrogen and oxygen atoms in total. The minimum atomic E-state index is 0.108. The van der Waals surface area contributed by atoms with Crippen LogP contribution in [-0.2, 0) is 11.3 Å². The van der Waals surface area contributed by atoms with Crippen molar-refractivity contribution in [3.05, 3.63) is 52.8 Å². The van der Waals surface area contributed by atoms with Crippen LogP contribution in [0.5, 0.6) is 0 Å². The zero-order valence-electron chi connectivity index (χ0n) is 11.4. The van der Waals surface area contributed by atoms with Crippen LogP contribution in [0.3, 0.4) is 0 Å². The average Bonchev–Trinajstić information content (AvgIpc) is 2.51. The topological polar surface area (TPSA) is 49.3 Å². The maximum atomic E-state index is 12.3. The molecule has 1 amide bonds. The van der Waals surface area contributed by atoms with E-state index in [0.717, 1.165) is 16.6 Å². The van der Waals surface area contributed by atoms with E-state index in [2.05, 4.69) is 25.9 Å². The number of carbonyl (C=O) groups is 1. The van der Waals surface area contributed by atoms with Crippen molar-refractivity contribution in [1.82, 2.24) is 14.9 Å². The SMILES string of the molecule is O=C1CN(c2ncc(Br)cn2)CCN1Cc1ccccc1. The molecule has 0 radical (unpaired) electrons. The molecule has 108 valence electrons. The molecule has 0 bridgehead atoms. The molecular weight excluding hydrogens is 332 g/mol. The van der Waals surface area contributed by atoms with Crippen molar-refractivity contribution in [2.45, 2.75) is 6.54 Å². The first kappa shape index (κ1) is 14.0. The highest BCUT2D eigenvalue weighted by atomic mass is 79.9. The Labute approximate surface area is 131 Å². The van der Waals surface area contributed by atoms with Gasteiger partial charge in [-0.15, -0.1) is 0 Å². The molecule has 1 aliphatic rings. The van der Waals surface area contributed by atoms with E-state index < -0.39 is 0 Å². The van der Waals surface area contributed by atoms with Crippen LogP contribution in [-0.4, -0.2) is 40.4 Å². The van der Waals surface area contributed by atoms with Gasteiger partial charge in [-0.1, -0.05) is 30.3 Å². The van der Waals surface area contributed by atoms with Crippen LogP contribution < -0.4 is 4.90 Å². The van der Waals surface area contributed by atoms with Crippen LogP contribution in [0, 0.1) is 0 Å². The normalized spacial score (nSPS) is 15.4. The summed E-state index contributed by atoms with van der Waals surface area (Å²) in [5, 5.41) is 0. The van der Waals surface area contributed by atoms with Gasteiger partial charge < -0.3 is 9.80 Å². The van der Waals surface area contributed by atoms with E-state index in [9.17, 15) is 4.79 Å². The number of carbonyl (C=O) groups excluding carboxylic acids is 1. The smallest absolute Gasteiger partial charge is 0.242 e. The molecule has 0 aliphatic carbocycles. The summed E-state index contributed by atoms with van der Waals surface area (Å²) in [7, 11) is 0. The van der Waals surface area contributed by atoms with Gasteiger partial charge in [-0.3, -0.25) is 4.79 Å². The molecule has 1 aliphatic heterocycles. The molecule has 0 saturated carbocycles. The molecule has 3 rings (SSSR count). The standard InChI is InChI=1S/C15H15BrN4O/c16-13-8-17-15(18-9-13)20-7-6-19(14(21)11-20)10-12-4-2-1-3-5-12/h1-5,8-9H,6-7,10-11H2. The maximum Gasteiger partial charge on any atom is 0.242 e. The van der Waals surface area contributed by atoms with Crippen LogP contribution in [0.4, 0.5) is 5.95 Å². The van der Waals surface area contributed by atoms with Crippen molar-refractivity contribution in [3.8, 4) is 0 Å². The molecule has 0 unspecified atom stereocenters. The molecule has 1 aromatic carbocycles. The lowest BCUT2D eigenvalue weighted by Gasteiger charge is -2.34. The number of benzene rings is 1. The van der Waals surface area contributed by atoms with Gasteiger partial charge in [0, 0.05) is 32.0 Å². The lowest BCUT2D eigenvalue weighted by Crippen LogP contribution is -2.50. The number of anilines is 1. The Morgan fingerprint density at radius 1 is 1.10 bits per heavy atom. The quantitative estimate of drug-likeness (QED) is 0.853. The number of amides is 1. The Hall–Kier alpha value is -1.95. The summed E-state index contributed by atoms with van der Waals surface area (Å²) in [6.45, 7) is 2.43. The van der Waals surface area contributed by atoms with Crippen LogP contribution in [0.2, 0.25) is 0 Å². The first-order valence-corrected chi connectivity index (χ1v) is 7.56. The third kappa shape index (κ3) is 3.39. The molecule has 0 N–H and O–H groups in total.